The molecule has 0 saturated carbocycles. The average Bonchev–Trinajstić information content (AvgIpc) is 3.22. The molecule has 0 bridgehead atoms. The lowest BCUT2D eigenvalue weighted by Gasteiger charge is -2.36. The van der Waals surface area contributed by atoms with Crippen LogP contribution in [0.3, 0.4) is 0 Å². The Morgan fingerprint density at radius 1 is 0.950 bits per heavy atom. The highest BCUT2D eigenvalue weighted by atomic mass is 32.2. The molecule has 40 heavy (non-hydrogen) atoms. The number of benzene rings is 2. The maximum Gasteiger partial charge on any atom is 0.247 e. The third kappa shape index (κ3) is 6.33. The topological polar surface area (TPSA) is 85.4 Å². The molecule has 2 saturated heterocycles. The van der Waals surface area contributed by atoms with Crippen molar-refractivity contribution in [3.8, 4) is 17.2 Å². The summed E-state index contributed by atoms with van der Waals surface area (Å²) in [6.07, 6.45) is 4.33. The predicted molar refractivity (Wildman–Crippen MR) is 162 cm³/mol. The lowest BCUT2D eigenvalue weighted by atomic mass is 9.92. The molecular formula is C30H34N2O6S2. The minimum absolute atomic E-state index is 0.0964. The molecule has 4 rings (SSSR count). The van der Waals surface area contributed by atoms with Crippen LogP contribution in [-0.4, -0.2) is 66.5 Å². The standard InChI is InChI=1S/C30H34N2O6S2/c1-18-14-19(2)17-31(16-18)30(39)40-25-15-26(34)32(29(25)35)22-10-6-20(7-11-22)23(33)12-8-21-9-13-24(36-3)28(38-5)27(21)37-4/h6-13,18-19,25H,14-17H2,1-5H3/b12-8+/t18-,19-,25-/m0/s1. The highest BCUT2D eigenvalue weighted by molar-refractivity contribution is 8.23. The first-order valence-electron chi connectivity index (χ1n) is 13.1. The van der Waals surface area contributed by atoms with Crippen LogP contribution in [0.4, 0.5) is 5.69 Å². The van der Waals surface area contributed by atoms with Crippen LogP contribution >= 0.6 is 24.0 Å². The zero-order valence-corrected chi connectivity index (χ0v) is 25.0. The quantitative estimate of drug-likeness (QED) is 0.180. The molecule has 2 aliphatic heterocycles. The van der Waals surface area contributed by atoms with Crippen molar-refractivity contribution in [1.82, 2.24) is 4.90 Å². The van der Waals surface area contributed by atoms with Crippen molar-refractivity contribution < 1.29 is 28.6 Å². The molecule has 0 spiro atoms. The zero-order chi connectivity index (χ0) is 29.0. The highest BCUT2D eigenvalue weighted by Gasteiger charge is 2.41. The number of anilines is 1. The Balaban J connectivity index is 1.43. The van der Waals surface area contributed by atoms with E-state index in [-0.39, 0.29) is 24.0 Å². The molecule has 2 fully saturated rings. The van der Waals surface area contributed by atoms with Crippen molar-refractivity contribution in [2.45, 2.75) is 31.9 Å². The van der Waals surface area contributed by atoms with Crippen molar-refractivity contribution in [2.75, 3.05) is 39.3 Å². The molecule has 0 aromatic heterocycles. The second-order valence-corrected chi connectivity index (χ2v) is 12.0. The largest absolute Gasteiger partial charge is 0.493 e. The van der Waals surface area contributed by atoms with Gasteiger partial charge in [0.15, 0.2) is 17.3 Å². The maximum absolute atomic E-state index is 13.2. The van der Waals surface area contributed by atoms with E-state index in [4.69, 9.17) is 26.4 Å². The number of thiocarbonyl (C=S) groups is 1. The molecule has 3 atom stereocenters. The number of carbonyl (C=O) groups is 3. The van der Waals surface area contributed by atoms with Gasteiger partial charge < -0.3 is 19.1 Å². The van der Waals surface area contributed by atoms with Gasteiger partial charge in [0.25, 0.3) is 0 Å². The van der Waals surface area contributed by atoms with Gasteiger partial charge in [-0.3, -0.25) is 14.4 Å². The normalized spacial score (nSPS) is 21.2. The Morgan fingerprint density at radius 2 is 1.60 bits per heavy atom. The van der Waals surface area contributed by atoms with Gasteiger partial charge in [0, 0.05) is 30.6 Å². The van der Waals surface area contributed by atoms with E-state index >= 15 is 0 Å². The number of methoxy groups -OCH3 is 3. The van der Waals surface area contributed by atoms with E-state index in [9.17, 15) is 14.4 Å². The van der Waals surface area contributed by atoms with Gasteiger partial charge in [-0.05, 0) is 66.8 Å². The van der Waals surface area contributed by atoms with E-state index in [0.717, 1.165) is 19.5 Å². The number of thioether (sulfide) groups is 1. The second-order valence-electron chi connectivity index (χ2n) is 10.2. The van der Waals surface area contributed by atoms with Gasteiger partial charge in [0.05, 0.1) is 27.0 Å². The number of hydrogen-bond donors (Lipinski definition) is 0. The summed E-state index contributed by atoms with van der Waals surface area (Å²) in [5, 5.41) is -0.548. The second kappa shape index (κ2) is 12.9. The Morgan fingerprint density at radius 3 is 2.20 bits per heavy atom. The summed E-state index contributed by atoms with van der Waals surface area (Å²) in [4.78, 5) is 42.2. The minimum atomic E-state index is -0.548. The number of piperidine rings is 1. The molecule has 0 unspecified atom stereocenters. The van der Waals surface area contributed by atoms with Gasteiger partial charge in [0.2, 0.25) is 17.6 Å². The fraction of sp³-hybridized carbons (Fsp3) is 0.400. The van der Waals surface area contributed by atoms with E-state index in [1.165, 1.54) is 44.1 Å². The summed E-state index contributed by atoms with van der Waals surface area (Å²) < 4.78 is 16.8. The Kier molecular flexibility index (Phi) is 9.52. The monoisotopic (exact) mass is 582 g/mol. The molecule has 10 heteroatoms. The predicted octanol–water partition coefficient (Wildman–Crippen LogP) is 5.24. The van der Waals surface area contributed by atoms with Crippen LogP contribution in [0.15, 0.2) is 42.5 Å². The van der Waals surface area contributed by atoms with Gasteiger partial charge in [0.1, 0.15) is 9.57 Å². The molecule has 212 valence electrons. The van der Waals surface area contributed by atoms with Crippen LogP contribution in [0, 0.1) is 11.8 Å². The van der Waals surface area contributed by atoms with E-state index < -0.39 is 5.25 Å². The van der Waals surface area contributed by atoms with Crippen LogP contribution in [0.5, 0.6) is 17.2 Å². The smallest absolute Gasteiger partial charge is 0.247 e. The molecular weight excluding hydrogens is 548 g/mol. The van der Waals surface area contributed by atoms with Gasteiger partial charge in [-0.1, -0.05) is 37.8 Å². The number of likely N-dealkylation sites (tertiary alicyclic amines) is 1. The van der Waals surface area contributed by atoms with Gasteiger partial charge in [-0.15, -0.1) is 0 Å². The fourth-order valence-electron chi connectivity index (χ4n) is 5.27. The summed E-state index contributed by atoms with van der Waals surface area (Å²) in [5.74, 6) is 1.67. The van der Waals surface area contributed by atoms with E-state index in [1.807, 2.05) is 0 Å². The maximum atomic E-state index is 13.2. The van der Waals surface area contributed by atoms with Crippen molar-refractivity contribution in [3.63, 3.8) is 0 Å². The Bertz CT molecular complexity index is 1320. The molecule has 2 heterocycles. The van der Waals surface area contributed by atoms with Gasteiger partial charge in [-0.25, -0.2) is 4.90 Å². The molecule has 2 aliphatic rings. The van der Waals surface area contributed by atoms with Gasteiger partial charge >= 0.3 is 0 Å². The van der Waals surface area contributed by atoms with E-state index in [2.05, 4.69) is 18.7 Å². The number of ketones is 1. The summed E-state index contributed by atoms with van der Waals surface area (Å²) in [6, 6.07) is 9.95. The number of carbonyl (C=O) groups excluding carboxylic acids is 3. The number of rotatable bonds is 8. The summed E-state index contributed by atoms with van der Waals surface area (Å²) in [7, 11) is 4.57. The molecule has 8 nitrogen and oxygen atoms in total. The number of hydrogen-bond acceptors (Lipinski definition) is 8. The van der Waals surface area contributed by atoms with Crippen LogP contribution in [-0.2, 0) is 9.59 Å². The molecule has 2 aromatic rings. The van der Waals surface area contributed by atoms with Crippen molar-refractivity contribution in [2.24, 2.45) is 11.8 Å². The summed E-state index contributed by atoms with van der Waals surface area (Å²) in [6.45, 7) is 6.16. The summed E-state index contributed by atoms with van der Waals surface area (Å²) >= 11 is 6.96. The van der Waals surface area contributed by atoms with E-state index in [0.29, 0.717) is 50.2 Å². The van der Waals surface area contributed by atoms with Crippen LogP contribution in [0.25, 0.3) is 6.08 Å². The Hall–Kier alpha value is -3.37. The first-order chi connectivity index (χ1) is 19.2. The van der Waals surface area contributed by atoms with Crippen LogP contribution in [0.2, 0.25) is 0 Å². The molecule has 2 aromatic carbocycles. The minimum Gasteiger partial charge on any atom is -0.493 e. The molecule has 0 aliphatic carbocycles. The number of imide groups is 1. The zero-order valence-electron chi connectivity index (χ0n) is 23.3. The SMILES string of the molecule is COc1ccc(/C=C/C(=O)c2ccc(N3C(=O)C[C@H](SC(=S)N4C[C@@H](C)C[C@H](C)C4)C3=O)cc2)c(OC)c1OC. The number of nitrogens with zero attached hydrogens (tertiary/aromatic N) is 2. The van der Waals surface area contributed by atoms with Crippen molar-refractivity contribution in [3.05, 3.63) is 53.6 Å². The third-order valence-electron chi connectivity index (χ3n) is 7.03. The lowest BCUT2D eigenvalue weighted by molar-refractivity contribution is -0.121. The van der Waals surface area contributed by atoms with E-state index in [1.54, 1.807) is 42.5 Å². The number of amides is 2. The number of ether oxygens (including phenoxy) is 3. The molecule has 0 radical (unpaired) electrons. The summed E-state index contributed by atoms with van der Waals surface area (Å²) in [5.41, 5.74) is 1.50. The first kappa shape index (κ1) is 29.6. The Labute approximate surface area is 244 Å². The van der Waals surface area contributed by atoms with Crippen LogP contribution < -0.4 is 19.1 Å². The highest BCUT2D eigenvalue weighted by Crippen LogP contribution is 2.40. The fourth-order valence-corrected chi connectivity index (χ4v) is 6.74. The average molecular weight is 583 g/mol. The molecule has 2 amide bonds. The lowest BCUT2D eigenvalue weighted by Crippen LogP contribution is -2.41. The third-order valence-corrected chi connectivity index (χ3v) is 8.69. The van der Waals surface area contributed by atoms with Gasteiger partial charge in [-0.2, -0.15) is 0 Å². The molecule has 0 N–H and O–H groups in total. The first-order valence-corrected chi connectivity index (χ1v) is 14.4. The van der Waals surface area contributed by atoms with Crippen molar-refractivity contribution in [1.29, 1.82) is 0 Å². The van der Waals surface area contributed by atoms with Crippen LogP contribution in [0.1, 0.15) is 42.6 Å². The van der Waals surface area contributed by atoms with Crippen molar-refractivity contribution >= 4 is 57.7 Å². The number of allylic oxidation sites excluding steroid dienone is 1.